The fourth-order valence-corrected chi connectivity index (χ4v) is 4.69. The zero-order chi connectivity index (χ0) is 23.0. The van der Waals surface area contributed by atoms with Crippen LogP contribution in [0.4, 0.5) is 5.95 Å². The summed E-state index contributed by atoms with van der Waals surface area (Å²) < 4.78 is 7.35. The van der Waals surface area contributed by atoms with Crippen molar-refractivity contribution in [1.82, 2.24) is 24.4 Å². The molecule has 1 aliphatic rings. The van der Waals surface area contributed by atoms with E-state index in [-0.39, 0.29) is 5.56 Å². The van der Waals surface area contributed by atoms with Crippen LogP contribution in [0.1, 0.15) is 5.56 Å². The third kappa shape index (κ3) is 4.46. The summed E-state index contributed by atoms with van der Waals surface area (Å²) in [6.07, 6.45) is 0. The van der Waals surface area contributed by atoms with Crippen LogP contribution in [0.15, 0.2) is 4.79 Å². The Hall–Kier alpha value is -1.87. The second-order valence-electron chi connectivity index (χ2n) is 8.19. The van der Waals surface area contributed by atoms with Gasteiger partial charge in [-0.15, -0.1) is 0 Å². The minimum atomic E-state index is -0.209. The van der Waals surface area contributed by atoms with Crippen LogP contribution >= 0.6 is 23.2 Å². The summed E-state index contributed by atoms with van der Waals surface area (Å²) in [6.45, 7) is 5.28. The molecule has 0 spiro atoms. The van der Waals surface area contributed by atoms with E-state index in [1.54, 1.807) is 0 Å². The van der Waals surface area contributed by atoms with E-state index in [1.807, 2.05) is 36.0 Å². The molecule has 1 fully saturated rings. The highest BCUT2D eigenvalue weighted by Crippen LogP contribution is 2.17. The summed E-state index contributed by atoms with van der Waals surface area (Å²) in [5.41, 5.74) is 5.47. The number of aromatic nitrogens is 4. The number of H-pyrrole nitrogens is 1. The largest absolute Gasteiger partial charge is 0.379 e. The van der Waals surface area contributed by atoms with E-state index in [2.05, 4.69) is 25.2 Å². The van der Waals surface area contributed by atoms with E-state index in [0.717, 1.165) is 60.5 Å². The number of rotatable bonds is 6. The molecule has 0 atom stereocenters. The Morgan fingerprint density at radius 2 is 1.69 bits per heavy atom. The predicted octanol–water partition coefficient (Wildman–Crippen LogP) is -4.60. The monoisotopic (exact) mass is 470 g/mol. The summed E-state index contributed by atoms with van der Waals surface area (Å²) in [6, 6.07) is 0. The van der Waals surface area contributed by atoms with E-state index in [0.29, 0.717) is 40.2 Å². The first-order chi connectivity index (χ1) is 15.3. The molecule has 164 valence electrons. The van der Waals surface area contributed by atoms with E-state index in [4.69, 9.17) is 27.9 Å². The minimum Gasteiger partial charge on any atom is -0.379 e. The third-order valence-electron chi connectivity index (χ3n) is 6.30. The van der Waals surface area contributed by atoms with Crippen LogP contribution in [0.2, 0.25) is 10.0 Å². The van der Waals surface area contributed by atoms with Gasteiger partial charge in [-0.3, -0.25) is 14.7 Å². The van der Waals surface area contributed by atoms with Crippen LogP contribution in [0, 0.1) is 0 Å². The van der Waals surface area contributed by atoms with Crippen LogP contribution in [-0.2, 0) is 17.8 Å². The number of nitrogens with zero attached hydrogens (tertiary/aromatic N) is 4. The van der Waals surface area contributed by atoms with Gasteiger partial charge in [0.15, 0.2) is 19.0 Å². The van der Waals surface area contributed by atoms with Crippen molar-refractivity contribution in [2.24, 2.45) is 0 Å². The van der Waals surface area contributed by atoms with Crippen molar-refractivity contribution in [2.45, 2.75) is 13.1 Å². The lowest BCUT2D eigenvalue weighted by molar-refractivity contribution is 0.0366. The van der Waals surface area contributed by atoms with E-state index in [9.17, 15) is 4.79 Å². The molecule has 4 rings (SSSR count). The Kier molecular flexibility index (Phi) is 6.95. The molecular weight excluding hydrogens is 446 g/mol. The fourth-order valence-electron chi connectivity index (χ4n) is 4.15. The summed E-state index contributed by atoms with van der Waals surface area (Å²) in [5.74, 6) is 0.378. The molecule has 2 N–H and O–H groups in total. The molecule has 8 nitrogen and oxygen atoms in total. The lowest BCUT2D eigenvalue weighted by Crippen LogP contribution is -2.39. The van der Waals surface area contributed by atoms with Crippen molar-refractivity contribution in [3.8, 4) is 0 Å². The first kappa shape index (κ1) is 23.3. The molecule has 14 heteroatoms. The van der Waals surface area contributed by atoms with Crippen molar-refractivity contribution >= 4 is 93.8 Å². The first-order valence-electron chi connectivity index (χ1n) is 10.7. The van der Waals surface area contributed by atoms with Crippen molar-refractivity contribution in [1.29, 1.82) is 0 Å². The van der Waals surface area contributed by atoms with Gasteiger partial charge in [-0.1, -0.05) is 39.6 Å². The fraction of sp³-hybridized carbons (Fsp3) is 0.389. The number of fused-ring (bicyclic) bond motifs is 1. The third-order valence-corrected chi connectivity index (χ3v) is 7.34. The maximum atomic E-state index is 12.9. The number of morpholine rings is 1. The van der Waals surface area contributed by atoms with Crippen molar-refractivity contribution in [3.63, 3.8) is 0 Å². The minimum absolute atomic E-state index is 0.209. The maximum absolute atomic E-state index is 12.9. The molecular formula is C18H24B4Cl2N6O2. The van der Waals surface area contributed by atoms with E-state index >= 15 is 0 Å². The van der Waals surface area contributed by atoms with Gasteiger partial charge < -0.3 is 14.6 Å². The molecule has 3 aromatic rings. The number of nitrogens with one attached hydrogen (secondary N) is 2. The molecule has 0 saturated carbocycles. The molecule has 2 aromatic heterocycles. The van der Waals surface area contributed by atoms with Crippen molar-refractivity contribution in [2.75, 3.05) is 38.2 Å². The quantitative estimate of drug-likeness (QED) is 0.353. The van der Waals surface area contributed by atoms with Gasteiger partial charge in [0.05, 0.1) is 29.0 Å². The number of anilines is 1. The highest BCUT2D eigenvalue weighted by molar-refractivity contribution is 6.61. The smallest absolute Gasteiger partial charge is 0.278 e. The zero-order valence-corrected chi connectivity index (χ0v) is 20.3. The van der Waals surface area contributed by atoms with Crippen LogP contribution in [0.3, 0.4) is 0 Å². The summed E-state index contributed by atoms with van der Waals surface area (Å²) in [4.78, 5) is 27.2. The molecule has 0 aliphatic carbocycles. The summed E-state index contributed by atoms with van der Waals surface area (Å²) in [7, 11) is 7.81. The lowest BCUT2D eigenvalue weighted by atomic mass is 9.73. The highest BCUT2D eigenvalue weighted by Gasteiger charge is 2.17. The summed E-state index contributed by atoms with van der Waals surface area (Å²) >= 11 is 12.7. The normalized spacial score (nSPS) is 14.8. The van der Waals surface area contributed by atoms with Gasteiger partial charge >= 0.3 is 0 Å². The molecule has 1 saturated heterocycles. The molecule has 1 aliphatic heterocycles. The Balaban J connectivity index is 1.56. The molecule has 0 radical (unpaired) electrons. The molecule has 0 unspecified atom stereocenters. The second kappa shape index (κ2) is 9.55. The standard InChI is InChI=1S/C18H24B4Cl2N6O2/c19-9-8(10(20)12(23)13(24)11(9)21)7-25-18-27-15-14(16(31)28-18)30(17(22)26-15)2-1-29-3-5-32-6-4-29/h1-7,19-22H2,(H2,25,27,28,31). The SMILES string of the molecule is Bc1c(B)c(CNc2nc3nc(B)n(CCN4CCOCC4)c3c(=O)[nH]2)c(B)c(Cl)c1Cl. The van der Waals surface area contributed by atoms with E-state index in [1.165, 1.54) is 0 Å². The van der Waals surface area contributed by atoms with Gasteiger partial charge in [-0.05, 0) is 5.56 Å². The van der Waals surface area contributed by atoms with Crippen LogP contribution in [-0.4, -0.2) is 88.7 Å². The number of imidazole rings is 1. The Morgan fingerprint density at radius 3 is 2.41 bits per heavy atom. The average Bonchev–Trinajstić information content (AvgIpc) is 3.11. The van der Waals surface area contributed by atoms with Crippen LogP contribution < -0.4 is 33.0 Å². The van der Waals surface area contributed by atoms with Crippen LogP contribution in [0.5, 0.6) is 0 Å². The molecule has 1 aromatic carbocycles. The second-order valence-corrected chi connectivity index (χ2v) is 8.94. The average molecular weight is 471 g/mol. The molecule has 3 heterocycles. The Labute approximate surface area is 200 Å². The number of benzene rings is 1. The van der Waals surface area contributed by atoms with E-state index < -0.39 is 0 Å². The Morgan fingerprint density at radius 1 is 1.00 bits per heavy atom. The number of ether oxygens (including phenoxy) is 1. The first-order valence-corrected chi connectivity index (χ1v) is 11.5. The number of aromatic amines is 1. The van der Waals surface area contributed by atoms with Gasteiger partial charge in [0.1, 0.15) is 23.5 Å². The maximum Gasteiger partial charge on any atom is 0.278 e. The van der Waals surface area contributed by atoms with Gasteiger partial charge in [-0.2, -0.15) is 4.98 Å². The topological polar surface area (TPSA) is 88.1 Å². The summed E-state index contributed by atoms with van der Waals surface area (Å²) in [5, 5.41) is 4.36. The number of halogens is 2. The van der Waals surface area contributed by atoms with Crippen molar-refractivity contribution in [3.05, 3.63) is 26.0 Å². The Bertz CT molecular complexity index is 1200. The zero-order valence-electron chi connectivity index (χ0n) is 18.8. The number of hydrogen-bond acceptors (Lipinski definition) is 6. The van der Waals surface area contributed by atoms with Gasteiger partial charge in [0, 0.05) is 32.7 Å². The van der Waals surface area contributed by atoms with Gasteiger partial charge in [0.25, 0.3) is 5.56 Å². The van der Waals surface area contributed by atoms with Crippen molar-refractivity contribution < 1.29 is 4.74 Å². The molecule has 32 heavy (non-hydrogen) atoms. The highest BCUT2D eigenvalue weighted by atomic mass is 35.5. The van der Waals surface area contributed by atoms with Gasteiger partial charge in [-0.25, -0.2) is 4.98 Å². The number of hydrogen-bond donors (Lipinski definition) is 2. The predicted molar refractivity (Wildman–Crippen MR) is 142 cm³/mol. The lowest BCUT2D eigenvalue weighted by Gasteiger charge is -2.26. The molecule has 0 bridgehead atoms. The molecule has 0 amide bonds. The van der Waals surface area contributed by atoms with Crippen LogP contribution in [0.25, 0.3) is 11.2 Å². The van der Waals surface area contributed by atoms with Gasteiger partial charge in [0.2, 0.25) is 5.95 Å².